The van der Waals surface area contributed by atoms with E-state index in [9.17, 15) is 31.1 Å². The quantitative estimate of drug-likeness (QED) is 0.341. The first-order valence-electron chi connectivity index (χ1n) is 4.34. The van der Waals surface area contributed by atoms with Crippen molar-refractivity contribution in [3.63, 3.8) is 0 Å². The summed E-state index contributed by atoms with van der Waals surface area (Å²) in [5.74, 6) is -7.40. The van der Waals surface area contributed by atoms with E-state index >= 15 is 0 Å². The smallest absolute Gasteiger partial charge is 0.450 e. The molecule has 0 aromatic rings. The highest BCUT2D eigenvalue weighted by Gasteiger charge is 2.44. The minimum absolute atomic E-state index is 1.29. The summed E-state index contributed by atoms with van der Waals surface area (Å²) in [6.07, 6.45) is -9.17. The van der Waals surface area contributed by atoms with Gasteiger partial charge in [0.1, 0.15) is 0 Å². The number of carbonyl (C=O) groups excluding carboxylic acids is 1. The van der Waals surface area contributed by atoms with Gasteiger partial charge in [0, 0.05) is 0 Å². The van der Waals surface area contributed by atoms with Gasteiger partial charge in [-0.25, -0.2) is 8.78 Å². The highest BCUT2D eigenvalue weighted by molar-refractivity contribution is 6.70. The maximum absolute atomic E-state index is 13.0. The van der Waals surface area contributed by atoms with Gasteiger partial charge >= 0.3 is 12.6 Å². The number of allylic oxidation sites excluding steroid dienone is 2. The number of hydrogen-bond acceptors (Lipinski definition) is 2. The molecule has 0 aromatic heterocycles. The Morgan fingerprint density at radius 2 is 1.59 bits per heavy atom. The number of alkyl halides is 5. The van der Waals surface area contributed by atoms with Crippen LogP contribution < -0.4 is 0 Å². The molecule has 0 fully saturated rings. The van der Waals surface area contributed by atoms with Gasteiger partial charge in [-0.3, -0.25) is 4.79 Å². The summed E-state index contributed by atoms with van der Waals surface area (Å²) < 4.78 is 77.9. The number of carbonyl (C=O) groups is 1. The van der Waals surface area contributed by atoms with Gasteiger partial charge in [-0.2, -0.15) is 17.6 Å². The van der Waals surface area contributed by atoms with E-state index in [1.807, 2.05) is 0 Å². The van der Waals surface area contributed by atoms with E-state index in [2.05, 4.69) is 4.43 Å². The lowest BCUT2D eigenvalue weighted by atomic mass is 10.3. The molecule has 0 spiro atoms. The zero-order chi connectivity index (χ0) is 14.0. The SMILES string of the molecule is C[Si](C)(C)O/C(=C(/F)C(=O)C(F)F)C(F)(F)F. The van der Waals surface area contributed by atoms with E-state index in [1.165, 1.54) is 19.6 Å². The summed E-state index contributed by atoms with van der Waals surface area (Å²) in [5, 5.41) is 0. The lowest BCUT2D eigenvalue weighted by Gasteiger charge is -2.23. The van der Waals surface area contributed by atoms with Crippen LogP contribution >= 0.6 is 0 Å². The first-order valence-corrected chi connectivity index (χ1v) is 7.75. The van der Waals surface area contributed by atoms with Crippen LogP contribution in [-0.4, -0.2) is 26.7 Å². The fourth-order valence-corrected chi connectivity index (χ4v) is 1.56. The van der Waals surface area contributed by atoms with Crippen LogP contribution in [0.1, 0.15) is 0 Å². The summed E-state index contributed by atoms with van der Waals surface area (Å²) in [4.78, 5) is 10.5. The normalized spacial score (nSPS) is 14.7. The van der Waals surface area contributed by atoms with Gasteiger partial charge in [0.15, 0.2) is 0 Å². The molecule has 0 aliphatic rings. The molecule has 17 heavy (non-hydrogen) atoms. The number of rotatable bonds is 4. The van der Waals surface area contributed by atoms with Crippen molar-refractivity contribution in [1.82, 2.24) is 0 Å². The van der Waals surface area contributed by atoms with Gasteiger partial charge in [0.05, 0.1) is 0 Å². The maximum atomic E-state index is 13.0. The molecular weight excluding hydrogens is 270 g/mol. The van der Waals surface area contributed by atoms with Crippen molar-refractivity contribution in [2.75, 3.05) is 0 Å². The molecule has 100 valence electrons. The first kappa shape index (κ1) is 16.0. The summed E-state index contributed by atoms with van der Waals surface area (Å²) in [7, 11) is -2.89. The molecule has 0 aliphatic carbocycles. The number of hydrogen-bond donors (Lipinski definition) is 0. The molecule has 0 aromatic carbocycles. The second-order valence-corrected chi connectivity index (χ2v) is 8.45. The highest BCUT2D eigenvalue weighted by Crippen LogP contribution is 2.33. The summed E-state index contributed by atoms with van der Waals surface area (Å²) >= 11 is 0. The number of Topliss-reactive ketones (excluding diaryl/α,β-unsaturated/α-hetero) is 1. The van der Waals surface area contributed by atoms with Gasteiger partial charge in [0.25, 0.3) is 5.78 Å². The molecule has 9 heteroatoms. The highest BCUT2D eigenvalue weighted by atomic mass is 28.4. The molecule has 0 atom stereocenters. The molecule has 0 radical (unpaired) electrons. The van der Waals surface area contributed by atoms with Crippen LogP contribution in [0.4, 0.5) is 26.3 Å². The summed E-state index contributed by atoms with van der Waals surface area (Å²) in [6.45, 7) is 3.87. The molecule has 0 saturated heterocycles. The van der Waals surface area contributed by atoms with Crippen LogP contribution in [0.5, 0.6) is 0 Å². The Morgan fingerprint density at radius 3 is 1.82 bits per heavy atom. The predicted octanol–water partition coefficient (Wildman–Crippen LogP) is 3.42. The molecular formula is C8H10F6O2Si. The zero-order valence-corrected chi connectivity index (χ0v) is 10.2. The Bertz CT molecular complexity index is 328. The lowest BCUT2D eigenvalue weighted by Crippen LogP contribution is -2.32. The van der Waals surface area contributed by atoms with Crippen molar-refractivity contribution >= 4 is 14.1 Å². The van der Waals surface area contributed by atoms with E-state index in [-0.39, 0.29) is 0 Å². The molecule has 0 unspecified atom stereocenters. The van der Waals surface area contributed by atoms with E-state index in [0.717, 1.165) is 0 Å². The Kier molecular flexibility index (Phi) is 4.81. The zero-order valence-electron chi connectivity index (χ0n) is 9.16. The molecule has 0 aliphatic heterocycles. The third-order valence-electron chi connectivity index (χ3n) is 1.28. The topological polar surface area (TPSA) is 26.3 Å². The Hall–Kier alpha value is -0.993. The molecule has 0 amide bonds. The van der Waals surface area contributed by atoms with Crippen molar-refractivity contribution in [1.29, 1.82) is 0 Å². The van der Waals surface area contributed by atoms with Gasteiger partial charge in [-0.05, 0) is 19.6 Å². The average molecular weight is 280 g/mol. The largest absolute Gasteiger partial charge is 0.539 e. The molecule has 0 rings (SSSR count). The van der Waals surface area contributed by atoms with Crippen molar-refractivity contribution in [3.05, 3.63) is 11.6 Å². The first-order chi connectivity index (χ1) is 7.36. The van der Waals surface area contributed by atoms with Crippen LogP contribution in [0.2, 0.25) is 19.6 Å². The Balaban J connectivity index is 5.47. The van der Waals surface area contributed by atoms with Gasteiger partial charge in [-0.15, -0.1) is 0 Å². The lowest BCUT2D eigenvalue weighted by molar-refractivity contribution is -0.134. The molecule has 0 bridgehead atoms. The van der Waals surface area contributed by atoms with Crippen molar-refractivity contribution < 1.29 is 35.6 Å². The third-order valence-corrected chi connectivity index (χ3v) is 2.10. The minimum Gasteiger partial charge on any atom is -0.539 e. The summed E-state index contributed by atoms with van der Waals surface area (Å²) in [5.41, 5.74) is 0. The predicted molar refractivity (Wildman–Crippen MR) is 49.6 cm³/mol. The van der Waals surface area contributed by atoms with E-state index < -0.39 is 38.3 Å². The minimum atomic E-state index is -5.32. The van der Waals surface area contributed by atoms with Gasteiger partial charge in [-0.1, -0.05) is 0 Å². The van der Waals surface area contributed by atoms with Gasteiger partial charge < -0.3 is 4.43 Å². The Morgan fingerprint density at radius 1 is 1.18 bits per heavy atom. The van der Waals surface area contributed by atoms with E-state index in [1.54, 1.807) is 0 Å². The average Bonchev–Trinajstić information content (AvgIpc) is 2.08. The fraction of sp³-hybridized carbons (Fsp3) is 0.625. The summed E-state index contributed by atoms with van der Waals surface area (Å²) in [6, 6.07) is 0. The Labute approximate surface area is 94.4 Å². The molecule has 0 heterocycles. The van der Waals surface area contributed by atoms with Crippen molar-refractivity contribution in [2.45, 2.75) is 32.2 Å². The number of ketones is 1. The molecule has 2 nitrogen and oxygen atoms in total. The fourth-order valence-electron chi connectivity index (χ4n) is 0.741. The van der Waals surface area contributed by atoms with Crippen LogP contribution in [0.3, 0.4) is 0 Å². The van der Waals surface area contributed by atoms with Crippen LogP contribution in [0.25, 0.3) is 0 Å². The van der Waals surface area contributed by atoms with Gasteiger partial charge in [0.2, 0.25) is 19.9 Å². The van der Waals surface area contributed by atoms with Crippen molar-refractivity contribution in [2.24, 2.45) is 0 Å². The maximum Gasteiger partial charge on any atom is 0.450 e. The monoisotopic (exact) mass is 280 g/mol. The standard InChI is InChI=1S/C8H10F6O2Si/c1-17(2,3)16-6(8(12,13)14)4(9)5(15)7(10)11/h7H,1-3H3/b6-4+. The van der Waals surface area contributed by atoms with Crippen LogP contribution in [0.15, 0.2) is 11.6 Å². The second kappa shape index (κ2) is 5.11. The van der Waals surface area contributed by atoms with Crippen molar-refractivity contribution in [3.8, 4) is 0 Å². The third kappa shape index (κ3) is 5.24. The molecule has 0 saturated carbocycles. The second-order valence-electron chi connectivity index (χ2n) is 4.02. The van der Waals surface area contributed by atoms with Crippen LogP contribution in [-0.2, 0) is 9.22 Å². The number of halogens is 6. The molecule has 0 N–H and O–H groups in total. The van der Waals surface area contributed by atoms with Crippen LogP contribution in [0, 0.1) is 0 Å². The van der Waals surface area contributed by atoms with E-state index in [4.69, 9.17) is 0 Å². The van der Waals surface area contributed by atoms with E-state index in [0.29, 0.717) is 0 Å².